The van der Waals surface area contributed by atoms with Crippen LogP contribution in [0.2, 0.25) is 0 Å². The van der Waals surface area contributed by atoms with E-state index in [9.17, 15) is 5.11 Å². The lowest BCUT2D eigenvalue weighted by Crippen LogP contribution is -2.16. The summed E-state index contributed by atoms with van der Waals surface area (Å²) >= 11 is 0. The number of aliphatic hydroxyl groups excluding tert-OH is 1. The number of benzene rings is 1. The fraction of sp³-hybridized carbons (Fsp3) is 0.500. The lowest BCUT2D eigenvalue weighted by Gasteiger charge is -2.26. The summed E-state index contributed by atoms with van der Waals surface area (Å²) in [7, 11) is 0. The van der Waals surface area contributed by atoms with E-state index in [-0.39, 0.29) is 17.4 Å². The normalized spacial score (nSPS) is 12.3. The fourth-order valence-electron chi connectivity index (χ4n) is 2.37. The molecule has 4 nitrogen and oxygen atoms in total. The second-order valence-corrected chi connectivity index (χ2v) is 8.27. The third-order valence-corrected chi connectivity index (χ3v) is 3.88. The van der Waals surface area contributed by atoms with Crippen molar-refractivity contribution in [3.8, 4) is 11.6 Å². The minimum Gasteiger partial charge on any atom is -0.439 e. The van der Waals surface area contributed by atoms with Crippen LogP contribution in [-0.4, -0.2) is 15.1 Å². The van der Waals surface area contributed by atoms with Gasteiger partial charge in [0.15, 0.2) is 5.82 Å². The Kier molecular flexibility index (Phi) is 5.00. The topological polar surface area (TPSA) is 55.2 Å². The van der Waals surface area contributed by atoms with Gasteiger partial charge in [-0.05, 0) is 41.0 Å². The second-order valence-electron chi connectivity index (χ2n) is 8.27. The highest BCUT2D eigenvalue weighted by Gasteiger charge is 2.21. The predicted molar refractivity (Wildman–Crippen MR) is 96.6 cm³/mol. The molecule has 1 N–H and O–H groups in total. The van der Waals surface area contributed by atoms with Gasteiger partial charge in [0.2, 0.25) is 5.88 Å². The Morgan fingerprint density at radius 3 is 1.88 bits per heavy atom. The lowest BCUT2D eigenvalue weighted by atomic mass is 9.80. The van der Waals surface area contributed by atoms with Gasteiger partial charge >= 0.3 is 0 Å². The number of ether oxygens (including phenoxy) is 1. The third kappa shape index (κ3) is 4.54. The van der Waals surface area contributed by atoms with Crippen LogP contribution in [0, 0.1) is 6.92 Å². The molecule has 1 aromatic carbocycles. The first-order valence-corrected chi connectivity index (χ1v) is 8.28. The zero-order valence-electron chi connectivity index (χ0n) is 15.8. The van der Waals surface area contributed by atoms with E-state index < -0.39 is 0 Å². The number of aliphatic hydroxyl groups is 1. The number of hydrogen-bond donors (Lipinski definition) is 1. The van der Waals surface area contributed by atoms with E-state index in [1.54, 1.807) is 6.07 Å². The molecule has 0 saturated heterocycles. The fourth-order valence-corrected chi connectivity index (χ4v) is 2.37. The van der Waals surface area contributed by atoms with E-state index in [0.29, 0.717) is 11.7 Å². The highest BCUT2D eigenvalue weighted by atomic mass is 16.5. The van der Waals surface area contributed by atoms with Crippen LogP contribution in [0.3, 0.4) is 0 Å². The molecule has 0 amide bonds. The SMILES string of the molecule is Cc1cc(Oc2cc(C(C)(C)C)cc(C(C)(C)C)c2)nc(CO)n1. The molecule has 24 heavy (non-hydrogen) atoms. The van der Waals surface area contributed by atoms with Gasteiger partial charge in [-0.3, -0.25) is 0 Å². The van der Waals surface area contributed by atoms with E-state index in [2.05, 4.69) is 69.7 Å². The third-order valence-electron chi connectivity index (χ3n) is 3.88. The molecule has 0 unspecified atom stereocenters. The Bertz CT molecular complexity index is 693. The van der Waals surface area contributed by atoms with Crippen molar-refractivity contribution in [1.29, 1.82) is 0 Å². The Balaban J connectivity index is 2.48. The second kappa shape index (κ2) is 6.52. The van der Waals surface area contributed by atoms with Crippen LogP contribution >= 0.6 is 0 Å². The summed E-state index contributed by atoms with van der Waals surface area (Å²) in [5.74, 6) is 1.58. The van der Waals surface area contributed by atoms with Gasteiger partial charge in [0.25, 0.3) is 0 Å². The lowest BCUT2D eigenvalue weighted by molar-refractivity contribution is 0.269. The van der Waals surface area contributed by atoms with E-state index >= 15 is 0 Å². The van der Waals surface area contributed by atoms with Crippen molar-refractivity contribution in [2.75, 3.05) is 0 Å². The molecule has 0 aliphatic rings. The first kappa shape index (κ1) is 18.4. The van der Waals surface area contributed by atoms with Crippen molar-refractivity contribution in [2.45, 2.75) is 65.9 Å². The molecule has 0 saturated carbocycles. The molecule has 0 atom stereocenters. The zero-order valence-corrected chi connectivity index (χ0v) is 15.8. The summed E-state index contributed by atoms with van der Waals surface area (Å²) in [4.78, 5) is 8.41. The number of rotatable bonds is 3. The molecule has 0 aliphatic carbocycles. The van der Waals surface area contributed by atoms with Gasteiger partial charge in [-0.15, -0.1) is 0 Å². The summed E-state index contributed by atoms with van der Waals surface area (Å²) in [5.41, 5.74) is 3.26. The Morgan fingerprint density at radius 1 is 0.875 bits per heavy atom. The standard InChI is InChI=1S/C20H28N2O2/c1-13-8-18(22-17(12-23)21-13)24-16-10-14(19(2,3)4)9-15(11-16)20(5,6)7/h8-11,23H,12H2,1-7H3. The van der Waals surface area contributed by atoms with E-state index in [1.807, 2.05) is 6.92 Å². The van der Waals surface area contributed by atoms with Gasteiger partial charge in [0, 0.05) is 11.8 Å². The number of aryl methyl sites for hydroxylation is 1. The van der Waals surface area contributed by atoms with Gasteiger partial charge < -0.3 is 9.84 Å². The predicted octanol–water partition coefficient (Wildman–Crippen LogP) is 4.66. The quantitative estimate of drug-likeness (QED) is 0.890. The van der Waals surface area contributed by atoms with Crippen molar-refractivity contribution < 1.29 is 9.84 Å². The first-order chi connectivity index (χ1) is 11.0. The smallest absolute Gasteiger partial charge is 0.222 e. The average molecular weight is 328 g/mol. The molecule has 1 aromatic heterocycles. The van der Waals surface area contributed by atoms with Gasteiger partial charge in [0.05, 0.1) is 0 Å². The van der Waals surface area contributed by atoms with Crippen molar-refractivity contribution in [1.82, 2.24) is 9.97 Å². The number of aromatic nitrogens is 2. The Morgan fingerprint density at radius 2 is 1.42 bits per heavy atom. The van der Waals surface area contributed by atoms with Crippen LogP contribution < -0.4 is 4.74 Å². The number of hydrogen-bond acceptors (Lipinski definition) is 4. The molecule has 4 heteroatoms. The van der Waals surface area contributed by atoms with Crippen LogP contribution in [0.5, 0.6) is 11.6 Å². The molecule has 0 bridgehead atoms. The minimum absolute atomic E-state index is 0.0250. The van der Waals surface area contributed by atoms with Gasteiger partial charge in [0.1, 0.15) is 12.4 Å². The van der Waals surface area contributed by atoms with Crippen molar-refractivity contribution in [2.24, 2.45) is 0 Å². The van der Waals surface area contributed by atoms with E-state index in [4.69, 9.17) is 4.74 Å². The first-order valence-electron chi connectivity index (χ1n) is 8.28. The van der Waals surface area contributed by atoms with Crippen molar-refractivity contribution in [3.05, 3.63) is 46.9 Å². The molecular weight excluding hydrogens is 300 g/mol. The van der Waals surface area contributed by atoms with Gasteiger partial charge in [-0.1, -0.05) is 47.6 Å². The molecule has 0 radical (unpaired) electrons. The zero-order chi connectivity index (χ0) is 18.1. The maximum atomic E-state index is 9.27. The van der Waals surface area contributed by atoms with Crippen LogP contribution in [0.4, 0.5) is 0 Å². The highest BCUT2D eigenvalue weighted by molar-refractivity contribution is 5.42. The molecule has 0 fully saturated rings. The Labute approximate surface area is 144 Å². The van der Waals surface area contributed by atoms with Gasteiger partial charge in [-0.2, -0.15) is 4.98 Å². The molecule has 130 valence electrons. The van der Waals surface area contributed by atoms with Crippen molar-refractivity contribution in [3.63, 3.8) is 0 Å². The van der Waals surface area contributed by atoms with E-state index in [0.717, 1.165) is 11.4 Å². The maximum Gasteiger partial charge on any atom is 0.222 e. The Hall–Kier alpha value is -1.94. The van der Waals surface area contributed by atoms with Crippen LogP contribution in [0.25, 0.3) is 0 Å². The van der Waals surface area contributed by atoms with Gasteiger partial charge in [-0.25, -0.2) is 4.98 Å². The number of nitrogens with zero attached hydrogens (tertiary/aromatic N) is 2. The molecular formula is C20H28N2O2. The summed E-state index contributed by atoms with van der Waals surface area (Å²) in [5, 5.41) is 9.27. The summed E-state index contributed by atoms with van der Waals surface area (Å²) in [6.07, 6.45) is 0. The summed E-state index contributed by atoms with van der Waals surface area (Å²) in [6.45, 7) is 14.8. The summed E-state index contributed by atoms with van der Waals surface area (Å²) in [6, 6.07) is 8.15. The largest absolute Gasteiger partial charge is 0.439 e. The molecule has 2 aromatic rings. The molecule has 0 spiro atoms. The maximum absolute atomic E-state index is 9.27. The van der Waals surface area contributed by atoms with Crippen LogP contribution in [-0.2, 0) is 17.4 Å². The van der Waals surface area contributed by atoms with E-state index in [1.165, 1.54) is 11.1 Å². The summed E-state index contributed by atoms with van der Waals surface area (Å²) < 4.78 is 6.01. The minimum atomic E-state index is -0.201. The molecule has 1 heterocycles. The van der Waals surface area contributed by atoms with Crippen LogP contribution in [0.15, 0.2) is 24.3 Å². The monoisotopic (exact) mass is 328 g/mol. The van der Waals surface area contributed by atoms with Crippen LogP contribution in [0.1, 0.15) is 64.2 Å². The average Bonchev–Trinajstić information content (AvgIpc) is 2.44. The molecule has 0 aliphatic heterocycles. The highest BCUT2D eigenvalue weighted by Crippen LogP contribution is 2.34. The molecule has 2 rings (SSSR count). The van der Waals surface area contributed by atoms with Crippen molar-refractivity contribution >= 4 is 0 Å².